The van der Waals surface area contributed by atoms with Crippen LogP contribution in [-0.4, -0.2) is 33.9 Å². The highest BCUT2D eigenvalue weighted by molar-refractivity contribution is 7.99. The molecule has 0 saturated carbocycles. The molecule has 0 atom stereocenters. The van der Waals surface area contributed by atoms with E-state index in [0.29, 0.717) is 5.39 Å². The Kier molecular flexibility index (Phi) is 6.63. The van der Waals surface area contributed by atoms with E-state index in [4.69, 9.17) is 5.26 Å². The van der Waals surface area contributed by atoms with Gasteiger partial charge in [0, 0.05) is 16.0 Å². The maximum Gasteiger partial charge on any atom is 0.415 e. The predicted molar refractivity (Wildman–Crippen MR) is 84.6 cm³/mol. The fourth-order valence-corrected chi connectivity index (χ4v) is 2.99. The second kappa shape index (κ2) is 8.49. The number of thioether (sulfide) groups is 1. The van der Waals surface area contributed by atoms with Crippen molar-refractivity contribution in [3.8, 4) is 5.75 Å². The number of hydrogen-bond acceptors (Lipinski definition) is 8. The SMILES string of the molecule is O=C(OCCSc1cccc2c(O)cccc12)C(F)(F)SOOO. The van der Waals surface area contributed by atoms with E-state index < -0.39 is 23.3 Å². The number of ether oxygens (including phenoxy) is 1. The molecule has 0 aliphatic rings. The van der Waals surface area contributed by atoms with Crippen LogP contribution in [0.4, 0.5) is 8.78 Å². The summed E-state index contributed by atoms with van der Waals surface area (Å²) in [5, 5.41) is 18.1. The quantitative estimate of drug-likeness (QED) is 0.179. The zero-order valence-electron chi connectivity index (χ0n) is 12.0. The molecule has 24 heavy (non-hydrogen) atoms. The molecule has 2 rings (SSSR count). The molecule has 0 aromatic heterocycles. The Balaban J connectivity index is 1.89. The summed E-state index contributed by atoms with van der Waals surface area (Å²) in [5.41, 5.74) is 0. The zero-order valence-corrected chi connectivity index (χ0v) is 13.6. The summed E-state index contributed by atoms with van der Waals surface area (Å²) in [6.07, 6.45) is 0. The molecule has 10 heteroatoms. The molecule has 0 amide bonds. The van der Waals surface area contributed by atoms with Crippen molar-refractivity contribution in [2.24, 2.45) is 0 Å². The molecule has 0 radical (unpaired) electrons. The number of phenolic OH excluding ortho intramolecular Hbond substituents is 1. The second-order valence-electron chi connectivity index (χ2n) is 4.36. The summed E-state index contributed by atoms with van der Waals surface area (Å²) in [5.74, 6) is -1.43. The van der Waals surface area contributed by atoms with E-state index in [2.05, 4.69) is 14.1 Å². The largest absolute Gasteiger partial charge is 0.507 e. The van der Waals surface area contributed by atoms with Gasteiger partial charge in [-0.1, -0.05) is 29.3 Å². The lowest BCUT2D eigenvalue weighted by molar-refractivity contribution is -0.433. The van der Waals surface area contributed by atoms with E-state index in [1.54, 1.807) is 24.3 Å². The van der Waals surface area contributed by atoms with E-state index in [1.165, 1.54) is 11.8 Å². The second-order valence-corrected chi connectivity index (χ2v) is 6.31. The molecule has 0 spiro atoms. The number of benzene rings is 2. The third-order valence-corrected chi connectivity index (χ3v) is 4.38. The number of alkyl halides is 2. The predicted octanol–water partition coefficient (Wildman–Crippen LogP) is 3.84. The first kappa shape index (κ1) is 18.7. The van der Waals surface area contributed by atoms with Crippen molar-refractivity contribution in [1.82, 2.24) is 0 Å². The molecule has 0 heterocycles. The van der Waals surface area contributed by atoms with E-state index in [1.807, 2.05) is 12.1 Å². The van der Waals surface area contributed by atoms with Crippen molar-refractivity contribution >= 4 is 40.5 Å². The topological polar surface area (TPSA) is 85.2 Å². The molecule has 130 valence electrons. The third-order valence-electron chi connectivity index (χ3n) is 2.84. The summed E-state index contributed by atoms with van der Waals surface area (Å²) in [7, 11) is 0. The maximum atomic E-state index is 13.1. The maximum absolute atomic E-state index is 13.1. The number of phenols is 1. The lowest BCUT2D eigenvalue weighted by Gasteiger charge is -2.12. The van der Waals surface area contributed by atoms with Crippen molar-refractivity contribution in [3.63, 3.8) is 0 Å². The van der Waals surface area contributed by atoms with Crippen LogP contribution >= 0.6 is 23.8 Å². The van der Waals surface area contributed by atoms with Crippen LogP contribution in [0.25, 0.3) is 10.8 Å². The number of halogens is 2. The lowest BCUT2D eigenvalue weighted by atomic mass is 10.1. The third kappa shape index (κ3) is 4.71. The van der Waals surface area contributed by atoms with Gasteiger partial charge in [-0.25, -0.2) is 10.1 Å². The van der Waals surface area contributed by atoms with Gasteiger partial charge in [-0.2, -0.15) is 8.78 Å². The van der Waals surface area contributed by atoms with Crippen LogP contribution in [0.15, 0.2) is 41.3 Å². The highest BCUT2D eigenvalue weighted by atomic mass is 32.2. The minimum Gasteiger partial charge on any atom is -0.507 e. The monoisotopic (exact) mass is 378 g/mol. The van der Waals surface area contributed by atoms with Crippen LogP contribution < -0.4 is 0 Å². The molecule has 0 aliphatic heterocycles. The number of hydrogen-bond donors (Lipinski definition) is 2. The van der Waals surface area contributed by atoms with Crippen LogP contribution in [0.2, 0.25) is 0 Å². The van der Waals surface area contributed by atoms with E-state index in [0.717, 1.165) is 10.3 Å². The Bertz CT molecular complexity index is 713. The van der Waals surface area contributed by atoms with Gasteiger partial charge in [-0.3, -0.25) is 0 Å². The molecule has 0 bridgehead atoms. The Labute approximate surface area is 143 Å². The number of carbonyl (C=O) groups excluding carboxylic acids is 1. The summed E-state index contributed by atoms with van der Waals surface area (Å²) in [4.78, 5) is 12.0. The first-order valence-electron chi connectivity index (χ1n) is 6.50. The standard InChI is InChI=1S/C14H12F2O6S2/c15-14(16,24-22-21-19)13(18)20-7-8-23-12-6-2-3-9-10(12)4-1-5-11(9)17/h1-6,17,19H,7-8H2. The zero-order chi connectivity index (χ0) is 17.6. The first-order chi connectivity index (χ1) is 11.5. The van der Waals surface area contributed by atoms with E-state index >= 15 is 0 Å². The number of esters is 1. The average Bonchev–Trinajstić information content (AvgIpc) is 2.57. The Morgan fingerprint density at radius 3 is 2.62 bits per heavy atom. The summed E-state index contributed by atoms with van der Waals surface area (Å²) >= 11 is 0.623. The summed E-state index contributed by atoms with van der Waals surface area (Å²) < 4.78 is 34.3. The van der Waals surface area contributed by atoms with Crippen LogP contribution in [0.3, 0.4) is 0 Å². The molecule has 6 nitrogen and oxygen atoms in total. The van der Waals surface area contributed by atoms with Crippen LogP contribution in [-0.2, 0) is 18.9 Å². The van der Waals surface area contributed by atoms with Gasteiger partial charge in [-0.15, -0.1) is 16.1 Å². The lowest BCUT2D eigenvalue weighted by Crippen LogP contribution is -2.28. The van der Waals surface area contributed by atoms with Crippen LogP contribution in [0, 0.1) is 0 Å². The van der Waals surface area contributed by atoms with Gasteiger partial charge in [-0.05, 0) is 17.5 Å². The van der Waals surface area contributed by atoms with Gasteiger partial charge in [0.1, 0.15) is 24.4 Å². The normalized spacial score (nSPS) is 11.6. The molecular weight excluding hydrogens is 366 g/mol. The van der Waals surface area contributed by atoms with Crippen LogP contribution in [0.5, 0.6) is 5.75 Å². The first-order valence-corrected chi connectivity index (χ1v) is 8.23. The summed E-state index contributed by atoms with van der Waals surface area (Å²) in [6.45, 7) is -0.255. The van der Waals surface area contributed by atoms with Crippen molar-refractivity contribution in [1.29, 1.82) is 0 Å². The van der Waals surface area contributed by atoms with Gasteiger partial charge in [0.05, 0.1) is 0 Å². The minimum absolute atomic E-state index is 0.143. The Morgan fingerprint density at radius 1 is 1.17 bits per heavy atom. The molecule has 2 aromatic carbocycles. The Morgan fingerprint density at radius 2 is 1.88 bits per heavy atom. The number of aromatic hydroxyl groups is 1. The van der Waals surface area contributed by atoms with Crippen molar-refractivity contribution < 1.29 is 38.0 Å². The van der Waals surface area contributed by atoms with Crippen molar-refractivity contribution in [2.45, 2.75) is 10.2 Å². The van der Waals surface area contributed by atoms with Gasteiger partial charge in [0.2, 0.25) is 0 Å². The van der Waals surface area contributed by atoms with Gasteiger partial charge in [0.25, 0.3) is 0 Å². The number of carbonyl (C=O) groups is 1. The molecule has 0 fully saturated rings. The fraction of sp³-hybridized carbons (Fsp3) is 0.214. The van der Waals surface area contributed by atoms with Crippen LogP contribution in [0.1, 0.15) is 0 Å². The molecular formula is C14H12F2O6S2. The van der Waals surface area contributed by atoms with Crippen molar-refractivity contribution in [3.05, 3.63) is 36.4 Å². The highest BCUT2D eigenvalue weighted by Crippen LogP contribution is 2.33. The average molecular weight is 378 g/mol. The van der Waals surface area contributed by atoms with Gasteiger partial charge in [0.15, 0.2) is 0 Å². The molecule has 0 unspecified atom stereocenters. The highest BCUT2D eigenvalue weighted by Gasteiger charge is 2.44. The Hall–Kier alpha value is -1.59. The molecule has 2 N–H and O–H groups in total. The van der Waals surface area contributed by atoms with Crippen molar-refractivity contribution in [2.75, 3.05) is 12.4 Å². The minimum atomic E-state index is -4.00. The molecule has 0 aliphatic carbocycles. The molecule has 2 aromatic rings. The molecule has 0 saturated heterocycles. The number of fused-ring (bicyclic) bond motifs is 1. The van der Waals surface area contributed by atoms with Gasteiger partial charge < -0.3 is 9.84 Å². The fourth-order valence-electron chi connectivity index (χ4n) is 1.85. The summed E-state index contributed by atoms with van der Waals surface area (Å²) in [6, 6.07) is 10.4. The smallest absolute Gasteiger partial charge is 0.415 e. The number of rotatable bonds is 8. The van der Waals surface area contributed by atoms with Gasteiger partial charge >= 0.3 is 11.2 Å². The van der Waals surface area contributed by atoms with E-state index in [9.17, 15) is 18.7 Å². The van der Waals surface area contributed by atoms with E-state index in [-0.39, 0.29) is 18.1 Å².